The molecule has 2 aliphatic heterocycles. The van der Waals surface area contributed by atoms with Crippen molar-refractivity contribution in [3.63, 3.8) is 0 Å². The van der Waals surface area contributed by atoms with E-state index in [1.165, 1.54) is 12.1 Å². The maximum atomic E-state index is 12.7. The molecule has 4 aromatic carbocycles. The Kier molecular flexibility index (Phi) is 13.2. The van der Waals surface area contributed by atoms with E-state index in [-0.39, 0.29) is 36.4 Å². The average molecular weight is 997 g/mol. The Hall–Kier alpha value is -7.59. The van der Waals surface area contributed by atoms with Crippen LogP contribution in [-0.2, 0) is 32.9 Å². The van der Waals surface area contributed by atoms with Gasteiger partial charge in [-0.1, -0.05) is 25.3 Å². The van der Waals surface area contributed by atoms with E-state index in [1.807, 2.05) is 60.7 Å². The van der Waals surface area contributed by atoms with Gasteiger partial charge in [-0.2, -0.15) is 0 Å². The average Bonchev–Trinajstić information content (AvgIpc) is 3.31. The predicted octanol–water partition coefficient (Wildman–Crippen LogP) is 9.91. The maximum Gasteiger partial charge on any atom is 0.182 e. The molecular weight excluding hydrogens is 959 g/mol. The van der Waals surface area contributed by atoms with Gasteiger partial charge in [0.25, 0.3) is 0 Å². The van der Waals surface area contributed by atoms with Crippen LogP contribution >= 0.6 is 0 Å². The monoisotopic (exact) mass is 997 g/mol. The van der Waals surface area contributed by atoms with Crippen LogP contribution in [0.15, 0.2) is 196 Å². The van der Waals surface area contributed by atoms with E-state index in [9.17, 15) is 14.4 Å². The number of pyridine rings is 3. The maximum absolute atomic E-state index is 12.7. The van der Waals surface area contributed by atoms with E-state index in [1.54, 1.807) is 86.4 Å². The van der Waals surface area contributed by atoms with Gasteiger partial charge in [-0.25, -0.2) is 0 Å². The molecule has 8 aromatic rings. The number of ether oxygens (including phenoxy) is 3. The van der Waals surface area contributed by atoms with Crippen molar-refractivity contribution < 1.29 is 38.7 Å². The van der Waals surface area contributed by atoms with Crippen LogP contribution in [0.4, 0.5) is 0 Å². The van der Waals surface area contributed by atoms with E-state index >= 15 is 0 Å². The number of H-pyrrole nitrogens is 2. The molecule has 0 aliphatic carbocycles. The second-order valence-corrected chi connectivity index (χ2v) is 13.9. The summed E-state index contributed by atoms with van der Waals surface area (Å²) >= 11 is 0. The molecule has 0 amide bonds. The molecule has 10 nitrogen and oxygen atoms in total. The first-order valence-corrected chi connectivity index (χ1v) is 19.3. The quantitative estimate of drug-likeness (QED) is 0.124. The molecule has 0 saturated carbocycles. The number of hydrogen-bond acceptors (Lipinski definition) is 8. The third-order valence-electron chi connectivity index (χ3n) is 9.95. The fraction of sp³-hybridized carbons (Fsp3) is 0.0588. The molecular formula is C51H38IrN3O7-. The van der Waals surface area contributed by atoms with Crippen molar-refractivity contribution in [2.45, 2.75) is 12.8 Å². The molecule has 0 saturated heterocycles. The van der Waals surface area contributed by atoms with E-state index < -0.39 is 0 Å². The minimum Gasteiger partial charge on any atom is -0.500 e. The Morgan fingerprint density at radius 1 is 0.694 bits per heavy atom. The number of aromatic nitrogens is 3. The minimum atomic E-state index is -0.0556. The fourth-order valence-electron chi connectivity index (χ4n) is 6.83. The molecule has 0 atom stereocenters. The van der Waals surface area contributed by atoms with Crippen LogP contribution < -0.4 is 30.5 Å². The Morgan fingerprint density at radius 3 is 1.85 bits per heavy atom. The van der Waals surface area contributed by atoms with Gasteiger partial charge in [-0.05, 0) is 131 Å². The van der Waals surface area contributed by atoms with E-state index in [2.05, 4.69) is 34.2 Å². The number of nitrogens with zero attached hydrogens (tertiary/aromatic N) is 1. The van der Waals surface area contributed by atoms with E-state index in [0.29, 0.717) is 33.4 Å². The summed E-state index contributed by atoms with van der Waals surface area (Å²) in [5.41, 5.74) is 8.24. The molecule has 11 heteroatoms. The summed E-state index contributed by atoms with van der Waals surface area (Å²) in [4.78, 5) is 45.9. The van der Waals surface area contributed by atoms with Crippen molar-refractivity contribution in [2.75, 3.05) is 7.11 Å². The predicted molar refractivity (Wildman–Crippen MR) is 239 cm³/mol. The summed E-state index contributed by atoms with van der Waals surface area (Å²) in [6.45, 7) is 7.40. The number of methoxy groups -OCH3 is 1. The molecule has 2 N–H and O–H groups in total. The molecule has 1 radical (unpaired) electrons. The van der Waals surface area contributed by atoms with Gasteiger partial charge in [-0.15, -0.1) is 23.8 Å². The molecule has 62 heavy (non-hydrogen) atoms. The molecule has 6 heterocycles. The summed E-state index contributed by atoms with van der Waals surface area (Å²) in [6.07, 6.45) is 14.0. The van der Waals surface area contributed by atoms with Gasteiger partial charge < -0.3 is 33.6 Å². The Balaban J connectivity index is 0.000000140. The third-order valence-corrected chi connectivity index (χ3v) is 9.95. The zero-order chi connectivity index (χ0) is 42.3. The number of fused-ring (bicyclic) bond motifs is 4. The molecule has 2 aliphatic rings. The van der Waals surface area contributed by atoms with Gasteiger partial charge in [0, 0.05) is 74.3 Å². The zero-order valence-corrected chi connectivity index (χ0v) is 35.8. The number of benzene rings is 4. The van der Waals surface area contributed by atoms with Crippen LogP contribution in [0, 0.1) is 6.07 Å². The Morgan fingerprint density at radius 2 is 1.29 bits per heavy atom. The molecule has 0 spiro atoms. The van der Waals surface area contributed by atoms with Crippen molar-refractivity contribution >= 4 is 21.9 Å². The molecule has 0 fully saturated rings. The van der Waals surface area contributed by atoms with Gasteiger partial charge >= 0.3 is 0 Å². The summed E-state index contributed by atoms with van der Waals surface area (Å²) < 4.78 is 22.3. The molecule has 10 rings (SSSR count). The van der Waals surface area contributed by atoms with Gasteiger partial charge in [0.05, 0.1) is 18.1 Å². The van der Waals surface area contributed by atoms with Crippen molar-refractivity contribution in [1.82, 2.24) is 15.0 Å². The second kappa shape index (κ2) is 19.2. The molecule has 309 valence electrons. The number of para-hydroxylation sites is 1. The van der Waals surface area contributed by atoms with Crippen LogP contribution in [0.1, 0.15) is 11.1 Å². The normalized spacial score (nSPS) is 12.1. The van der Waals surface area contributed by atoms with Crippen LogP contribution in [0.5, 0.6) is 17.2 Å². The van der Waals surface area contributed by atoms with E-state index in [0.717, 1.165) is 75.1 Å². The SMILES string of the molecule is C=CC1=CCc2cc(-c3cc(=O)cc[nH]3)ccc2O1.C=CC1=CCc2cc(-c3cc(=O)cc[nH]3)ccc2O1.COc1ccnc(-c2[c-]cc3oc4ccccc4c(=O)c3c2)c1.[Ir]. The first kappa shape index (κ1) is 42.5. The second-order valence-electron chi connectivity index (χ2n) is 13.9. The first-order chi connectivity index (χ1) is 29.8. The van der Waals surface area contributed by atoms with Crippen LogP contribution in [-0.4, -0.2) is 22.1 Å². The number of hydrogen-bond donors (Lipinski definition) is 2. The standard InChI is InChI=1S/C19H12NO3.2C16H13NO2.Ir/c1-22-13-8-9-20-16(11-13)12-6-7-18-15(10-12)19(21)14-4-2-3-5-17(14)23-18;2*1-2-14-5-3-12-9-11(4-6-16(12)19-14)15-10-13(18)7-8-17-15;/h2-5,7-11H,1H3;2*2,4-10H,1,3H2,(H,17,18);/q-1;;;. The fourth-order valence-corrected chi connectivity index (χ4v) is 6.83. The summed E-state index contributed by atoms with van der Waals surface area (Å²) in [5, 5.41) is 1.08. The third kappa shape index (κ3) is 9.55. The van der Waals surface area contributed by atoms with Crippen molar-refractivity contribution in [2.24, 2.45) is 0 Å². The van der Waals surface area contributed by atoms with Crippen LogP contribution in [0.3, 0.4) is 0 Å². The van der Waals surface area contributed by atoms with Crippen molar-refractivity contribution in [3.05, 3.63) is 225 Å². The van der Waals surface area contributed by atoms with Gasteiger partial charge in [0.2, 0.25) is 0 Å². The van der Waals surface area contributed by atoms with Crippen LogP contribution in [0.2, 0.25) is 0 Å². The Bertz CT molecular complexity index is 3090. The molecule has 0 unspecified atom stereocenters. The largest absolute Gasteiger partial charge is 0.500 e. The Labute approximate surface area is 369 Å². The number of allylic oxidation sites excluding steroid dienone is 4. The topological polar surface area (TPSA) is 137 Å². The summed E-state index contributed by atoms with van der Waals surface area (Å²) in [5.74, 6) is 3.97. The summed E-state index contributed by atoms with van der Waals surface area (Å²) in [7, 11) is 1.60. The van der Waals surface area contributed by atoms with Crippen molar-refractivity contribution in [3.8, 4) is 51.0 Å². The molecule has 0 bridgehead atoms. The minimum absolute atomic E-state index is 0. The van der Waals surface area contributed by atoms with Gasteiger partial charge in [0.15, 0.2) is 16.3 Å². The summed E-state index contributed by atoms with van der Waals surface area (Å²) in [6, 6.07) is 35.4. The van der Waals surface area contributed by atoms with Crippen molar-refractivity contribution in [1.29, 1.82) is 0 Å². The number of aromatic amines is 2. The van der Waals surface area contributed by atoms with Crippen LogP contribution in [0.25, 0.3) is 55.7 Å². The zero-order valence-electron chi connectivity index (χ0n) is 33.4. The van der Waals surface area contributed by atoms with Gasteiger partial charge in [0.1, 0.15) is 34.3 Å². The van der Waals surface area contributed by atoms with E-state index in [4.69, 9.17) is 18.6 Å². The van der Waals surface area contributed by atoms with Gasteiger partial charge in [-0.3, -0.25) is 14.4 Å². The number of nitrogens with one attached hydrogen (secondary N) is 2. The smallest absolute Gasteiger partial charge is 0.182 e. The number of rotatable bonds is 6. The first-order valence-electron chi connectivity index (χ1n) is 19.3. The molecule has 4 aromatic heterocycles.